The van der Waals surface area contributed by atoms with E-state index in [4.69, 9.17) is 4.74 Å². The lowest BCUT2D eigenvalue weighted by Crippen LogP contribution is -2.49. The molecule has 20 heavy (non-hydrogen) atoms. The molecule has 2 rings (SSSR count). The molecule has 108 valence electrons. The molecule has 1 aliphatic heterocycles. The predicted octanol–water partition coefficient (Wildman–Crippen LogP) is 2.50. The zero-order valence-corrected chi connectivity index (χ0v) is 13.2. The molecule has 0 bridgehead atoms. The molecule has 0 aromatic heterocycles. The second kappa shape index (κ2) is 6.04. The Bertz CT molecular complexity index is 541. The summed E-state index contributed by atoms with van der Waals surface area (Å²) in [7, 11) is 0. The molecular weight excluding hydrogens is 375 g/mol. The highest BCUT2D eigenvalue weighted by Gasteiger charge is 2.30. The first kappa shape index (κ1) is 15.2. The van der Waals surface area contributed by atoms with Crippen LogP contribution in [-0.2, 0) is 4.74 Å². The van der Waals surface area contributed by atoms with Gasteiger partial charge in [0.2, 0.25) is 0 Å². The Morgan fingerprint density at radius 2 is 2.10 bits per heavy atom. The van der Waals surface area contributed by atoms with E-state index < -0.39 is 4.92 Å². The maximum absolute atomic E-state index is 12.3. The molecule has 1 heterocycles. The molecule has 0 saturated carbocycles. The monoisotopic (exact) mass is 390 g/mol. The summed E-state index contributed by atoms with van der Waals surface area (Å²) in [4.78, 5) is 22.6. The molecule has 7 heteroatoms. The van der Waals surface area contributed by atoms with Gasteiger partial charge >= 0.3 is 0 Å². The van der Waals surface area contributed by atoms with E-state index in [0.29, 0.717) is 22.3 Å². The van der Waals surface area contributed by atoms with E-state index in [1.54, 1.807) is 6.07 Å². The van der Waals surface area contributed by atoms with Gasteiger partial charge in [-0.25, -0.2) is 0 Å². The van der Waals surface area contributed by atoms with Crippen LogP contribution < -0.4 is 5.32 Å². The maximum atomic E-state index is 12.3. The third-order valence-corrected chi connectivity index (χ3v) is 4.36. The van der Waals surface area contributed by atoms with Crippen LogP contribution >= 0.6 is 22.6 Å². The number of hydrogen-bond donors (Lipinski definition) is 1. The molecule has 0 radical (unpaired) electrons. The topological polar surface area (TPSA) is 81.5 Å². The summed E-state index contributed by atoms with van der Waals surface area (Å²) in [6.07, 6.45) is 1.48. The van der Waals surface area contributed by atoms with Crippen molar-refractivity contribution in [3.05, 3.63) is 37.4 Å². The van der Waals surface area contributed by atoms with E-state index in [0.717, 1.165) is 12.8 Å². The minimum atomic E-state index is -0.497. The van der Waals surface area contributed by atoms with Crippen LogP contribution in [0.2, 0.25) is 0 Å². The van der Waals surface area contributed by atoms with Gasteiger partial charge in [0.25, 0.3) is 11.6 Å². The summed E-state index contributed by atoms with van der Waals surface area (Å²) in [6.45, 7) is 3.20. The van der Waals surface area contributed by atoms with Gasteiger partial charge in [0, 0.05) is 34.5 Å². The Balaban J connectivity index is 2.20. The summed E-state index contributed by atoms with van der Waals surface area (Å²) in [6, 6.07) is 4.30. The molecule has 6 nitrogen and oxygen atoms in total. The smallest absolute Gasteiger partial charge is 0.270 e. The van der Waals surface area contributed by atoms with Gasteiger partial charge in [-0.2, -0.15) is 0 Å². The number of hydrogen-bond acceptors (Lipinski definition) is 4. The number of carbonyl (C=O) groups is 1. The summed E-state index contributed by atoms with van der Waals surface area (Å²) >= 11 is 2.01. The lowest BCUT2D eigenvalue weighted by molar-refractivity contribution is -0.384. The third kappa shape index (κ3) is 3.45. The number of carbonyl (C=O) groups excluding carboxylic acids is 1. The predicted molar refractivity (Wildman–Crippen MR) is 81.7 cm³/mol. The maximum Gasteiger partial charge on any atom is 0.270 e. The highest BCUT2D eigenvalue weighted by molar-refractivity contribution is 14.1. The van der Waals surface area contributed by atoms with Crippen molar-refractivity contribution in [2.75, 3.05) is 13.2 Å². The number of nitrogens with zero attached hydrogens (tertiary/aromatic N) is 1. The van der Waals surface area contributed by atoms with Crippen LogP contribution in [0.15, 0.2) is 18.2 Å². The number of benzene rings is 1. The van der Waals surface area contributed by atoms with Gasteiger partial charge < -0.3 is 10.1 Å². The van der Waals surface area contributed by atoms with E-state index in [1.807, 2.05) is 29.5 Å². The zero-order chi connectivity index (χ0) is 14.8. The molecule has 1 aromatic rings. The standard InChI is InChI=1S/C13H15IN2O4/c1-13(4-6-20-7-5-13)15-12(17)10-8-9(16(18)19)2-3-11(10)14/h2-3,8H,4-7H2,1H3,(H,15,17). The van der Waals surface area contributed by atoms with Gasteiger partial charge in [0.1, 0.15) is 0 Å². The first-order valence-electron chi connectivity index (χ1n) is 6.25. The Morgan fingerprint density at radius 3 is 2.70 bits per heavy atom. The summed E-state index contributed by atoms with van der Waals surface area (Å²) in [5.41, 5.74) is -0.0523. The van der Waals surface area contributed by atoms with Crippen molar-refractivity contribution in [1.82, 2.24) is 5.32 Å². The average molecular weight is 390 g/mol. The number of nitro benzene ring substituents is 1. The fourth-order valence-electron chi connectivity index (χ4n) is 2.09. The fourth-order valence-corrected chi connectivity index (χ4v) is 2.67. The third-order valence-electron chi connectivity index (χ3n) is 3.42. The summed E-state index contributed by atoms with van der Waals surface area (Å²) in [5, 5.41) is 13.8. The number of ether oxygens (including phenoxy) is 1. The van der Waals surface area contributed by atoms with E-state index >= 15 is 0 Å². The number of halogens is 1. The molecule has 1 saturated heterocycles. The molecule has 1 fully saturated rings. The molecule has 0 aliphatic carbocycles. The van der Waals surface area contributed by atoms with E-state index in [-0.39, 0.29) is 17.1 Å². The van der Waals surface area contributed by atoms with Gasteiger partial charge in [0.15, 0.2) is 0 Å². The van der Waals surface area contributed by atoms with Gasteiger partial charge in [-0.05, 0) is 48.4 Å². The van der Waals surface area contributed by atoms with Crippen LogP contribution in [0.25, 0.3) is 0 Å². The van der Waals surface area contributed by atoms with E-state index in [2.05, 4.69) is 5.32 Å². The largest absolute Gasteiger partial charge is 0.381 e. The highest BCUT2D eigenvalue weighted by atomic mass is 127. The lowest BCUT2D eigenvalue weighted by atomic mass is 9.92. The number of rotatable bonds is 3. The van der Waals surface area contributed by atoms with Crippen molar-refractivity contribution in [2.24, 2.45) is 0 Å². The van der Waals surface area contributed by atoms with E-state index in [1.165, 1.54) is 12.1 Å². The van der Waals surface area contributed by atoms with E-state index in [9.17, 15) is 14.9 Å². The Hall–Kier alpha value is -1.22. The van der Waals surface area contributed by atoms with Crippen LogP contribution in [0.1, 0.15) is 30.1 Å². The molecule has 1 aliphatic rings. The molecular formula is C13H15IN2O4. The number of amides is 1. The van der Waals surface area contributed by atoms with Crippen LogP contribution in [0.4, 0.5) is 5.69 Å². The Kier molecular flexibility index (Phi) is 4.59. The zero-order valence-electron chi connectivity index (χ0n) is 11.0. The van der Waals surface area contributed by atoms with Gasteiger partial charge in [-0.1, -0.05) is 0 Å². The Morgan fingerprint density at radius 1 is 1.45 bits per heavy atom. The molecule has 0 unspecified atom stereocenters. The number of nitro groups is 1. The minimum Gasteiger partial charge on any atom is -0.381 e. The average Bonchev–Trinajstić information content (AvgIpc) is 2.39. The molecule has 1 N–H and O–H groups in total. The first-order valence-corrected chi connectivity index (χ1v) is 7.33. The molecule has 1 amide bonds. The second-order valence-corrected chi connectivity index (χ2v) is 6.21. The quantitative estimate of drug-likeness (QED) is 0.489. The molecule has 0 atom stereocenters. The summed E-state index contributed by atoms with van der Waals surface area (Å²) < 4.78 is 5.98. The molecule has 1 aromatic carbocycles. The minimum absolute atomic E-state index is 0.0762. The van der Waals surface area contributed by atoms with Crippen LogP contribution in [0.5, 0.6) is 0 Å². The van der Waals surface area contributed by atoms with Crippen LogP contribution in [0, 0.1) is 13.7 Å². The summed E-state index contributed by atoms with van der Waals surface area (Å²) in [5.74, 6) is -0.275. The van der Waals surface area contributed by atoms with Crippen molar-refractivity contribution in [1.29, 1.82) is 0 Å². The number of non-ortho nitro benzene ring substituents is 1. The molecule has 0 spiro atoms. The Labute approximate surface area is 130 Å². The highest BCUT2D eigenvalue weighted by Crippen LogP contribution is 2.23. The van der Waals surface area contributed by atoms with Crippen molar-refractivity contribution in [3.8, 4) is 0 Å². The fraction of sp³-hybridized carbons (Fsp3) is 0.462. The van der Waals surface area contributed by atoms with Crippen LogP contribution in [0.3, 0.4) is 0 Å². The van der Waals surface area contributed by atoms with Crippen molar-refractivity contribution in [3.63, 3.8) is 0 Å². The van der Waals surface area contributed by atoms with Gasteiger partial charge in [-0.15, -0.1) is 0 Å². The van der Waals surface area contributed by atoms with Crippen molar-refractivity contribution in [2.45, 2.75) is 25.3 Å². The van der Waals surface area contributed by atoms with Gasteiger partial charge in [-0.3, -0.25) is 14.9 Å². The second-order valence-electron chi connectivity index (χ2n) is 5.05. The first-order chi connectivity index (χ1) is 9.41. The number of nitrogens with one attached hydrogen (secondary N) is 1. The SMILES string of the molecule is CC1(NC(=O)c2cc([N+](=O)[O-])ccc2I)CCOCC1. The normalized spacial score (nSPS) is 17.5. The van der Waals surface area contributed by atoms with Crippen molar-refractivity contribution < 1.29 is 14.5 Å². The van der Waals surface area contributed by atoms with Crippen molar-refractivity contribution >= 4 is 34.2 Å². The lowest BCUT2D eigenvalue weighted by Gasteiger charge is -2.34. The van der Waals surface area contributed by atoms with Gasteiger partial charge in [0.05, 0.1) is 10.5 Å². The van der Waals surface area contributed by atoms with Crippen LogP contribution in [-0.4, -0.2) is 29.6 Å².